The molecule has 0 spiro atoms. The first-order chi connectivity index (χ1) is 9.74. The Labute approximate surface area is 117 Å². The second-order valence-corrected chi connectivity index (χ2v) is 5.10. The standard InChI is InChI=1S/C15H17N3O2/c19-15(20)12-5-3-11(4-6-12)10-18-9-1-2-13(18)14-16-7-8-17-14/h3-8,13H,1-2,9-10H2,(H,16,17)(H,19,20). The van der Waals surface area contributed by atoms with Crippen molar-refractivity contribution >= 4 is 5.97 Å². The molecule has 1 unspecified atom stereocenters. The number of nitrogens with one attached hydrogen (secondary N) is 1. The van der Waals surface area contributed by atoms with Gasteiger partial charge in [-0.05, 0) is 37.1 Å². The van der Waals surface area contributed by atoms with Gasteiger partial charge in [0, 0.05) is 18.9 Å². The lowest BCUT2D eigenvalue weighted by molar-refractivity contribution is 0.0697. The highest BCUT2D eigenvalue weighted by molar-refractivity contribution is 5.87. The number of hydrogen-bond donors (Lipinski definition) is 2. The summed E-state index contributed by atoms with van der Waals surface area (Å²) >= 11 is 0. The van der Waals surface area contributed by atoms with Gasteiger partial charge in [0.05, 0.1) is 11.6 Å². The van der Waals surface area contributed by atoms with E-state index in [9.17, 15) is 4.79 Å². The number of carboxylic acids is 1. The van der Waals surface area contributed by atoms with Crippen LogP contribution in [0.1, 0.15) is 40.6 Å². The highest BCUT2D eigenvalue weighted by Crippen LogP contribution is 2.31. The smallest absolute Gasteiger partial charge is 0.335 e. The number of aromatic amines is 1. The maximum atomic E-state index is 10.8. The molecule has 0 saturated carbocycles. The minimum absolute atomic E-state index is 0.331. The van der Waals surface area contributed by atoms with Crippen molar-refractivity contribution in [3.05, 3.63) is 53.6 Å². The van der Waals surface area contributed by atoms with Crippen LogP contribution < -0.4 is 0 Å². The third-order valence-electron chi connectivity index (χ3n) is 3.79. The fraction of sp³-hybridized carbons (Fsp3) is 0.333. The number of rotatable bonds is 4. The molecule has 5 heteroatoms. The summed E-state index contributed by atoms with van der Waals surface area (Å²) < 4.78 is 0. The van der Waals surface area contributed by atoms with Crippen LogP contribution in [0.5, 0.6) is 0 Å². The number of aromatic nitrogens is 2. The fourth-order valence-corrected chi connectivity index (χ4v) is 2.77. The molecule has 2 heterocycles. The van der Waals surface area contributed by atoms with Crippen molar-refractivity contribution in [2.24, 2.45) is 0 Å². The zero-order valence-electron chi connectivity index (χ0n) is 11.1. The lowest BCUT2D eigenvalue weighted by atomic mass is 10.1. The average molecular weight is 271 g/mol. The second kappa shape index (κ2) is 5.46. The van der Waals surface area contributed by atoms with Crippen LogP contribution in [0.25, 0.3) is 0 Å². The number of likely N-dealkylation sites (tertiary alicyclic amines) is 1. The first kappa shape index (κ1) is 12.9. The SMILES string of the molecule is O=C(O)c1ccc(CN2CCCC2c2ncc[nH]2)cc1. The Kier molecular flexibility index (Phi) is 3.52. The van der Waals surface area contributed by atoms with Crippen molar-refractivity contribution in [1.82, 2.24) is 14.9 Å². The zero-order valence-corrected chi connectivity index (χ0v) is 11.1. The van der Waals surface area contributed by atoms with Gasteiger partial charge in [-0.25, -0.2) is 9.78 Å². The molecule has 0 radical (unpaired) electrons. The van der Waals surface area contributed by atoms with Gasteiger partial charge in [-0.15, -0.1) is 0 Å². The summed E-state index contributed by atoms with van der Waals surface area (Å²) in [4.78, 5) is 20.8. The summed E-state index contributed by atoms with van der Waals surface area (Å²) in [5.41, 5.74) is 1.46. The summed E-state index contributed by atoms with van der Waals surface area (Å²) in [5.74, 6) is 0.135. The molecule has 0 bridgehead atoms. The van der Waals surface area contributed by atoms with Crippen LogP contribution in [0.3, 0.4) is 0 Å². The molecule has 1 saturated heterocycles. The molecule has 20 heavy (non-hydrogen) atoms. The van der Waals surface area contributed by atoms with E-state index in [1.807, 2.05) is 18.3 Å². The van der Waals surface area contributed by atoms with Gasteiger partial charge in [0.2, 0.25) is 0 Å². The highest BCUT2D eigenvalue weighted by atomic mass is 16.4. The predicted octanol–water partition coefficient (Wildman–Crippen LogP) is 2.45. The fourth-order valence-electron chi connectivity index (χ4n) is 2.77. The first-order valence-corrected chi connectivity index (χ1v) is 6.79. The molecule has 0 aliphatic carbocycles. The van der Waals surface area contributed by atoms with E-state index in [4.69, 9.17) is 5.11 Å². The van der Waals surface area contributed by atoms with Crippen LogP contribution in [-0.2, 0) is 6.54 Å². The molecule has 2 aromatic rings. The quantitative estimate of drug-likeness (QED) is 0.896. The number of H-pyrrole nitrogens is 1. The van der Waals surface area contributed by atoms with Crippen molar-refractivity contribution in [2.75, 3.05) is 6.54 Å². The molecule has 1 aliphatic heterocycles. The lowest BCUT2D eigenvalue weighted by Gasteiger charge is -2.22. The Balaban J connectivity index is 1.72. The molecule has 0 amide bonds. The summed E-state index contributed by atoms with van der Waals surface area (Å²) in [6, 6.07) is 7.44. The van der Waals surface area contributed by atoms with Gasteiger partial charge in [-0.2, -0.15) is 0 Å². The number of carbonyl (C=O) groups is 1. The minimum Gasteiger partial charge on any atom is -0.478 e. The van der Waals surface area contributed by atoms with Crippen molar-refractivity contribution in [3.8, 4) is 0 Å². The summed E-state index contributed by atoms with van der Waals surface area (Å²) in [5, 5.41) is 8.90. The number of nitrogens with zero attached hydrogens (tertiary/aromatic N) is 2. The van der Waals surface area contributed by atoms with Crippen molar-refractivity contribution in [3.63, 3.8) is 0 Å². The van der Waals surface area contributed by atoms with Crippen LogP contribution in [-0.4, -0.2) is 32.5 Å². The average Bonchev–Trinajstić information content (AvgIpc) is 3.09. The molecule has 1 aromatic heterocycles. The maximum Gasteiger partial charge on any atom is 0.335 e. The van der Waals surface area contributed by atoms with E-state index in [0.717, 1.165) is 30.9 Å². The molecule has 1 aromatic carbocycles. The van der Waals surface area contributed by atoms with E-state index >= 15 is 0 Å². The molecular weight excluding hydrogens is 254 g/mol. The van der Waals surface area contributed by atoms with Crippen LogP contribution in [0.2, 0.25) is 0 Å². The van der Waals surface area contributed by atoms with E-state index in [1.165, 1.54) is 6.42 Å². The number of hydrogen-bond acceptors (Lipinski definition) is 3. The number of carboxylic acid groups (broad SMARTS) is 1. The Morgan fingerprint density at radius 2 is 2.20 bits per heavy atom. The Morgan fingerprint density at radius 1 is 1.40 bits per heavy atom. The van der Waals surface area contributed by atoms with E-state index in [-0.39, 0.29) is 0 Å². The topological polar surface area (TPSA) is 69.2 Å². The van der Waals surface area contributed by atoms with E-state index in [1.54, 1.807) is 18.3 Å². The van der Waals surface area contributed by atoms with Gasteiger partial charge in [-0.3, -0.25) is 4.90 Å². The molecular formula is C15H17N3O2. The molecule has 2 N–H and O–H groups in total. The van der Waals surface area contributed by atoms with Crippen LogP contribution in [0, 0.1) is 0 Å². The summed E-state index contributed by atoms with van der Waals surface area (Å²) in [6.45, 7) is 1.87. The zero-order chi connectivity index (χ0) is 13.9. The van der Waals surface area contributed by atoms with E-state index in [0.29, 0.717) is 11.6 Å². The Morgan fingerprint density at radius 3 is 2.85 bits per heavy atom. The largest absolute Gasteiger partial charge is 0.478 e. The lowest BCUT2D eigenvalue weighted by Crippen LogP contribution is -2.23. The third kappa shape index (κ3) is 2.58. The second-order valence-electron chi connectivity index (χ2n) is 5.10. The number of aromatic carboxylic acids is 1. The maximum absolute atomic E-state index is 10.8. The molecule has 104 valence electrons. The third-order valence-corrected chi connectivity index (χ3v) is 3.79. The van der Waals surface area contributed by atoms with Crippen molar-refractivity contribution in [1.29, 1.82) is 0 Å². The van der Waals surface area contributed by atoms with Crippen molar-refractivity contribution < 1.29 is 9.90 Å². The molecule has 1 atom stereocenters. The van der Waals surface area contributed by atoms with E-state index in [2.05, 4.69) is 14.9 Å². The number of benzene rings is 1. The van der Waals surface area contributed by atoms with Crippen LogP contribution in [0.15, 0.2) is 36.7 Å². The molecule has 1 aliphatic rings. The molecule has 3 rings (SSSR count). The van der Waals surface area contributed by atoms with Crippen molar-refractivity contribution in [2.45, 2.75) is 25.4 Å². The van der Waals surface area contributed by atoms with Gasteiger partial charge in [0.15, 0.2) is 0 Å². The highest BCUT2D eigenvalue weighted by Gasteiger charge is 2.27. The summed E-state index contributed by atoms with van der Waals surface area (Å²) in [6.07, 6.45) is 5.92. The summed E-state index contributed by atoms with van der Waals surface area (Å²) in [7, 11) is 0. The van der Waals surface area contributed by atoms with Gasteiger partial charge >= 0.3 is 5.97 Å². The van der Waals surface area contributed by atoms with Gasteiger partial charge < -0.3 is 10.1 Å². The number of imidazole rings is 1. The monoisotopic (exact) mass is 271 g/mol. The first-order valence-electron chi connectivity index (χ1n) is 6.79. The van der Waals surface area contributed by atoms with Crippen LogP contribution >= 0.6 is 0 Å². The predicted molar refractivity (Wildman–Crippen MR) is 74.4 cm³/mol. The normalized spacial score (nSPS) is 19.3. The Bertz CT molecular complexity index is 578. The molecule has 5 nitrogen and oxygen atoms in total. The van der Waals surface area contributed by atoms with Gasteiger partial charge in [0.1, 0.15) is 5.82 Å². The van der Waals surface area contributed by atoms with Gasteiger partial charge in [0.25, 0.3) is 0 Å². The van der Waals surface area contributed by atoms with E-state index < -0.39 is 5.97 Å². The Hall–Kier alpha value is -2.14. The van der Waals surface area contributed by atoms with Gasteiger partial charge in [-0.1, -0.05) is 12.1 Å². The van der Waals surface area contributed by atoms with Crippen LogP contribution in [0.4, 0.5) is 0 Å². The minimum atomic E-state index is -0.883. The molecule has 1 fully saturated rings.